The van der Waals surface area contributed by atoms with Crippen molar-refractivity contribution in [2.75, 3.05) is 13.4 Å². The normalized spacial score (nSPS) is 14.8. The number of benzene rings is 1. The van der Waals surface area contributed by atoms with E-state index in [0.717, 1.165) is 5.56 Å². The molecular formula is C11H12O5. The van der Waals surface area contributed by atoms with Gasteiger partial charge < -0.3 is 19.7 Å². The Morgan fingerprint density at radius 2 is 2.12 bits per heavy atom. The largest absolute Gasteiger partial charge is 0.481 e. The van der Waals surface area contributed by atoms with Crippen LogP contribution in [-0.4, -0.2) is 29.6 Å². The smallest absolute Gasteiger partial charge is 0.304 e. The van der Waals surface area contributed by atoms with Crippen molar-refractivity contribution in [3.8, 4) is 11.5 Å². The lowest BCUT2D eigenvalue weighted by molar-refractivity contribution is -0.137. The van der Waals surface area contributed by atoms with Crippen LogP contribution in [0.25, 0.3) is 0 Å². The van der Waals surface area contributed by atoms with Crippen LogP contribution in [0.15, 0.2) is 18.2 Å². The summed E-state index contributed by atoms with van der Waals surface area (Å²) in [7, 11) is 0. The zero-order chi connectivity index (χ0) is 11.5. The minimum absolute atomic E-state index is 0.101. The lowest BCUT2D eigenvalue weighted by atomic mass is 9.96. The predicted molar refractivity (Wildman–Crippen MR) is 54.6 cm³/mol. The SMILES string of the molecule is O=C(O)CC(CO)c1ccc2c(c1)OCO2. The molecule has 0 amide bonds. The van der Waals surface area contributed by atoms with E-state index in [4.69, 9.17) is 19.7 Å². The Hall–Kier alpha value is -1.75. The number of aliphatic carboxylic acids is 1. The van der Waals surface area contributed by atoms with Crippen LogP contribution in [0, 0.1) is 0 Å². The van der Waals surface area contributed by atoms with Crippen LogP contribution in [-0.2, 0) is 4.79 Å². The molecule has 2 N–H and O–H groups in total. The Bertz CT molecular complexity index is 401. The van der Waals surface area contributed by atoms with Gasteiger partial charge in [0.15, 0.2) is 11.5 Å². The van der Waals surface area contributed by atoms with Crippen LogP contribution in [0.1, 0.15) is 17.9 Å². The van der Waals surface area contributed by atoms with Crippen LogP contribution < -0.4 is 9.47 Å². The Balaban J connectivity index is 2.21. The summed E-state index contributed by atoms with van der Waals surface area (Å²) in [6, 6.07) is 5.19. The zero-order valence-electron chi connectivity index (χ0n) is 8.55. The Kier molecular flexibility index (Phi) is 2.96. The highest BCUT2D eigenvalue weighted by Crippen LogP contribution is 2.35. The van der Waals surface area contributed by atoms with E-state index < -0.39 is 11.9 Å². The second kappa shape index (κ2) is 4.40. The second-order valence-electron chi connectivity index (χ2n) is 3.59. The van der Waals surface area contributed by atoms with Crippen LogP contribution >= 0.6 is 0 Å². The number of carboxylic acid groups (broad SMARTS) is 1. The fourth-order valence-corrected chi connectivity index (χ4v) is 1.67. The van der Waals surface area contributed by atoms with Crippen molar-refractivity contribution in [1.82, 2.24) is 0 Å². The molecule has 1 aromatic carbocycles. The van der Waals surface area contributed by atoms with Gasteiger partial charge in [-0.15, -0.1) is 0 Å². The average molecular weight is 224 g/mol. The van der Waals surface area contributed by atoms with Crippen LogP contribution in [0.5, 0.6) is 11.5 Å². The van der Waals surface area contributed by atoms with E-state index in [1.807, 2.05) is 0 Å². The lowest BCUT2D eigenvalue weighted by Gasteiger charge is -2.12. The molecule has 1 aliphatic rings. The molecule has 5 heteroatoms. The average Bonchev–Trinajstić information content (AvgIpc) is 2.72. The van der Waals surface area contributed by atoms with Crippen molar-refractivity contribution in [3.05, 3.63) is 23.8 Å². The number of ether oxygens (including phenoxy) is 2. The first-order valence-electron chi connectivity index (χ1n) is 4.93. The first-order chi connectivity index (χ1) is 7.70. The predicted octanol–water partition coefficient (Wildman–Crippen LogP) is 0.966. The molecule has 0 aliphatic carbocycles. The maximum Gasteiger partial charge on any atom is 0.304 e. The fourth-order valence-electron chi connectivity index (χ4n) is 1.67. The molecule has 5 nitrogen and oxygen atoms in total. The van der Waals surface area contributed by atoms with E-state index in [-0.39, 0.29) is 19.8 Å². The molecule has 0 fully saturated rings. The molecule has 1 heterocycles. The summed E-state index contributed by atoms with van der Waals surface area (Å²) in [5.74, 6) is -0.0965. The third-order valence-corrected chi connectivity index (χ3v) is 2.51. The number of hydrogen-bond acceptors (Lipinski definition) is 4. The van der Waals surface area contributed by atoms with Crippen molar-refractivity contribution in [1.29, 1.82) is 0 Å². The highest BCUT2D eigenvalue weighted by Gasteiger charge is 2.19. The molecule has 0 bridgehead atoms. The minimum atomic E-state index is -0.934. The molecule has 1 unspecified atom stereocenters. The second-order valence-corrected chi connectivity index (χ2v) is 3.59. The standard InChI is InChI=1S/C11H12O5/c12-5-8(4-11(13)14)7-1-2-9-10(3-7)16-6-15-9/h1-3,8,12H,4-6H2,(H,13,14). The molecule has 0 spiro atoms. The molecule has 2 rings (SSSR count). The molecule has 0 radical (unpaired) electrons. The Morgan fingerprint density at radius 3 is 2.81 bits per heavy atom. The van der Waals surface area contributed by atoms with Crippen molar-refractivity contribution in [2.24, 2.45) is 0 Å². The topological polar surface area (TPSA) is 76.0 Å². The van der Waals surface area contributed by atoms with Crippen LogP contribution in [0.2, 0.25) is 0 Å². The number of carboxylic acids is 1. The van der Waals surface area contributed by atoms with Gasteiger partial charge in [0.25, 0.3) is 0 Å². The molecule has 1 aromatic rings. The maximum atomic E-state index is 10.6. The molecule has 0 saturated carbocycles. The van der Waals surface area contributed by atoms with Gasteiger partial charge in [-0.25, -0.2) is 0 Å². The van der Waals surface area contributed by atoms with Gasteiger partial charge in [-0.1, -0.05) is 6.07 Å². The lowest BCUT2D eigenvalue weighted by Crippen LogP contribution is -2.10. The summed E-state index contributed by atoms with van der Waals surface area (Å²) in [5.41, 5.74) is 0.745. The fraction of sp³-hybridized carbons (Fsp3) is 0.364. The number of rotatable bonds is 4. The number of fused-ring (bicyclic) bond motifs is 1. The van der Waals surface area contributed by atoms with Gasteiger partial charge in [0.05, 0.1) is 13.0 Å². The van der Waals surface area contributed by atoms with E-state index in [0.29, 0.717) is 11.5 Å². The van der Waals surface area contributed by atoms with E-state index >= 15 is 0 Å². The van der Waals surface area contributed by atoms with Gasteiger partial charge in [-0.3, -0.25) is 4.79 Å². The maximum absolute atomic E-state index is 10.6. The number of carbonyl (C=O) groups is 1. The van der Waals surface area contributed by atoms with Gasteiger partial charge in [0.1, 0.15) is 0 Å². The summed E-state index contributed by atoms with van der Waals surface area (Å²) in [6.45, 7) is -0.0204. The summed E-state index contributed by atoms with van der Waals surface area (Å²) in [6.07, 6.45) is -0.101. The molecule has 0 aromatic heterocycles. The Labute approximate surface area is 92.2 Å². The zero-order valence-corrected chi connectivity index (χ0v) is 8.55. The molecule has 16 heavy (non-hydrogen) atoms. The Morgan fingerprint density at radius 1 is 1.38 bits per heavy atom. The van der Waals surface area contributed by atoms with E-state index in [1.165, 1.54) is 0 Å². The van der Waals surface area contributed by atoms with Crippen molar-refractivity contribution in [3.63, 3.8) is 0 Å². The number of hydrogen-bond donors (Lipinski definition) is 2. The molecule has 0 saturated heterocycles. The van der Waals surface area contributed by atoms with Crippen LogP contribution in [0.3, 0.4) is 0 Å². The number of aliphatic hydroxyl groups is 1. The highest BCUT2D eigenvalue weighted by atomic mass is 16.7. The van der Waals surface area contributed by atoms with E-state index in [2.05, 4.69) is 0 Å². The summed E-state index contributed by atoms with van der Waals surface area (Å²) in [5, 5.41) is 17.8. The third-order valence-electron chi connectivity index (χ3n) is 2.51. The van der Waals surface area contributed by atoms with Crippen molar-refractivity contribution >= 4 is 5.97 Å². The van der Waals surface area contributed by atoms with Crippen molar-refractivity contribution < 1.29 is 24.5 Å². The molecule has 1 atom stereocenters. The highest BCUT2D eigenvalue weighted by molar-refractivity contribution is 5.68. The summed E-state index contributed by atoms with van der Waals surface area (Å²) >= 11 is 0. The van der Waals surface area contributed by atoms with E-state index in [1.54, 1.807) is 18.2 Å². The van der Waals surface area contributed by atoms with Gasteiger partial charge in [0.2, 0.25) is 6.79 Å². The van der Waals surface area contributed by atoms with Crippen LogP contribution in [0.4, 0.5) is 0 Å². The van der Waals surface area contributed by atoms with Crippen molar-refractivity contribution in [2.45, 2.75) is 12.3 Å². The van der Waals surface area contributed by atoms with Gasteiger partial charge in [-0.2, -0.15) is 0 Å². The van der Waals surface area contributed by atoms with Gasteiger partial charge >= 0.3 is 5.97 Å². The minimum Gasteiger partial charge on any atom is -0.481 e. The molecular weight excluding hydrogens is 212 g/mol. The number of aliphatic hydroxyl groups excluding tert-OH is 1. The molecule has 86 valence electrons. The molecule has 1 aliphatic heterocycles. The van der Waals surface area contributed by atoms with Gasteiger partial charge in [0, 0.05) is 5.92 Å². The first-order valence-corrected chi connectivity index (χ1v) is 4.93. The third kappa shape index (κ3) is 2.09. The first kappa shape index (κ1) is 10.8. The van der Waals surface area contributed by atoms with Gasteiger partial charge in [-0.05, 0) is 17.7 Å². The van der Waals surface area contributed by atoms with E-state index in [9.17, 15) is 4.79 Å². The summed E-state index contributed by atoms with van der Waals surface area (Å²) in [4.78, 5) is 10.6. The summed E-state index contributed by atoms with van der Waals surface area (Å²) < 4.78 is 10.3. The monoisotopic (exact) mass is 224 g/mol. The quantitative estimate of drug-likeness (QED) is 0.796.